The van der Waals surface area contributed by atoms with Gasteiger partial charge < -0.3 is 24.6 Å². The molecule has 0 spiro atoms. The largest absolute Gasteiger partial charge is 0.480 e. The lowest BCUT2D eigenvalue weighted by Gasteiger charge is -2.34. The molecule has 2 unspecified atom stereocenters. The standard InChI is InChI=1S/C31H30ClF4N7O2/c1-42-12-3-5-20(42)16-44-30-40-27-22(29(41-30)43-13-11-38-19(15-43)9-10-37)14-39-26(28(27)45-17-31(34,35)36)21-6-2-4-18-7-8-23(33)25(32)24(18)21/h2,4,6-8,14,19-20,38H,3,5,9,11-13,15-17H2,1H3. The summed E-state index contributed by atoms with van der Waals surface area (Å²) >= 11 is 6.40. The monoisotopic (exact) mass is 643 g/mol. The number of alkyl halides is 3. The molecular weight excluding hydrogens is 614 g/mol. The summed E-state index contributed by atoms with van der Waals surface area (Å²) in [7, 11) is 2.00. The van der Waals surface area contributed by atoms with Gasteiger partial charge in [-0.2, -0.15) is 28.4 Å². The minimum absolute atomic E-state index is 0.0126. The molecule has 2 aromatic heterocycles. The van der Waals surface area contributed by atoms with Gasteiger partial charge in [-0.3, -0.25) is 4.98 Å². The van der Waals surface area contributed by atoms with Gasteiger partial charge in [0.15, 0.2) is 12.4 Å². The van der Waals surface area contributed by atoms with E-state index in [0.29, 0.717) is 36.2 Å². The van der Waals surface area contributed by atoms with Crippen LogP contribution < -0.4 is 19.7 Å². The van der Waals surface area contributed by atoms with Crippen LogP contribution in [0.3, 0.4) is 0 Å². The summed E-state index contributed by atoms with van der Waals surface area (Å²) in [6.07, 6.45) is -0.988. The van der Waals surface area contributed by atoms with Gasteiger partial charge in [-0.05, 0) is 37.9 Å². The Morgan fingerprint density at radius 3 is 2.76 bits per heavy atom. The van der Waals surface area contributed by atoms with Gasteiger partial charge in [0.25, 0.3) is 0 Å². The van der Waals surface area contributed by atoms with E-state index in [1.54, 1.807) is 18.2 Å². The Balaban J connectivity index is 1.55. The minimum atomic E-state index is -4.67. The molecule has 0 amide bonds. The molecule has 0 aliphatic carbocycles. The number of rotatable bonds is 8. The van der Waals surface area contributed by atoms with E-state index >= 15 is 0 Å². The predicted octanol–water partition coefficient (Wildman–Crippen LogP) is 5.74. The van der Waals surface area contributed by atoms with Crippen LogP contribution in [0.15, 0.2) is 36.5 Å². The van der Waals surface area contributed by atoms with Crippen LogP contribution in [0.25, 0.3) is 32.9 Å². The molecule has 6 rings (SSSR count). The summed E-state index contributed by atoms with van der Waals surface area (Å²) < 4.78 is 67.1. The first-order valence-electron chi connectivity index (χ1n) is 14.6. The highest BCUT2D eigenvalue weighted by atomic mass is 35.5. The zero-order chi connectivity index (χ0) is 31.7. The molecule has 2 aliphatic heterocycles. The molecule has 4 heterocycles. The highest BCUT2D eigenvalue weighted by molar-refractivity contribution is 6.37. The molecule has 2 fully saturated rings. The third-order valence-electron chi connectivity index (χ3n) is 8.20. The number of aromatic nitrogens is 3. The number of hydrogen-bond donors (Lipinski definition) is 1. The number of likely N-dealkylation sites (N-methyl/N-ethyl adjacent to an activating group) is 1. The number of anilines is 1. The maximum absolute atomic E-state index is 14.6. The maximum atomic E-state index is 14.6. The summed E-state index contributed by atoms with van der Waals surface area (Å²) in [4.78, 5) is 18.0. The second-order valence-electron chi connectivity index (χ2n) is 11.2. The molecule has 0 bridgehead atoms. The smallest absolute Gasteiger partial charge is 0.422 e. The topological polar surface area (TPSA) is 99.4 Å². The highest BCUT2D eigenvalue weighted by Crippen LogP contribution is 2.43. The normalized spacial score (nSPS) is 19.3. The first kappa shape index (κ1) is 31.0. The fraction of sp³-hybridized carbons (Fsp3) is 0.419. The molecule has 1 N–H and O–H groups in total. The molecule has 9 nitrogen and oxygen atoms in total. The molecular formula is C31H30ClF4N7O2. The van der Waals surface area contributed by atoms with E-state index in [1.807, 2.05) is 11.9 Å². The predicted molar refractivity (Wildman–Crippen MR) is 162 cm³/mol. The Kier molecular flexibility index (Phi) is 8.81. The molecule has 2 aliphatic rings. The molecule has 0 saturated carbocycles. The number of halogens is 5. The zero-order valence-electron chi connectivity index (χ0n) is 24.4. The number of piperazine rings is 1. The van der Waals surface area contributed by atoms with E-state index in [0.717, 1.165) is 19.4 Å². The minimum Gasteiger partial charge on any atom is -0.480 e. The van der Waals surface area contributed by atoms with Crippen LogP contribution in [0.2, 0.25) is 5.02 Å². The van der Waals surface area contributed by atoms with Crippen molar-refractivity contribution < 1.29 is 27.0 Å². The van der Waals surface area contributed by atoms with Crippen molar-refractivity contribution in [3.8, 4) is 29.1 Å². The van der Waals surface area contributed by atoms with Crippen molar-refractivity contribution in [3.63, 3.8) is 0 Å². The number of fused-ring (bicyclic) bond motifs is 2. The Bertz CT molecular complexity index is 1770. The van der Waals surface area contributed by atoms with Crippen molar-refractivity contribution in [3.05, 3.63) is 47.4 Å². The van der Waals surface area contributed by atoms with Crippen LogP contribution in [-0.4, -0.2) is 84.6 Å². The van der Waals surface area contributed by atoms with Crippen LogP contribution in [0.5, 0.6) is 11.8 Å². The lowest BCUT2D eigenvalue weighted by molar-refractivity contribution is -0.153. The third kappa shape index (κ3) is 6.54. The number of hydrogen-bond acceptors (Lipinski definition) is 9. The molecule has 236 valence electrons. The Morgan fingerprint density at radius 2 is 2.00 bits per heavy atom. The molecule has 0 radical (unpaired) electrons. The van der Waals surface area contributed by atoms with E-state index < -0.39 is 18.6 Å². The average molecular weight is 644 g/mol. The zero-order valence-corrected chi connectivity index (χ0v) is 25.1. The van der Waals surface area contributed by atoms with Crippen molar-refractivity contribution in [1.82, 2.24) is 25.2 Å². The second kappa shape index (κ2) is 12.8. The number of nitrogens with zero attached hydrogens (tertiary/aromatic N) is 6. The number of nitriles is 1. The molecule has 4 aromatic rings. The quantitative estimate of drug-likeness (QED) is 0.241. The highest BCUT2D eigenvalue weighted by Gasteiger charge is 2.32. The average Bonchev–Trinajstić information content (AvgIpc) is 3.44. The van der Waals surface area contributed by atoms with Crippen LogP contribution in [0.4, 0.5) is 23.4 Å². The third-order valence-corrected chi connectivity index (χ3v) is 8.57. The van der Waals surface area contributed by atoms with Crippen LogP contribution in [-0.2, 0) is 0 Å². The van der Waals surface area contributed by atoms with E-state index in [-0.39, 0.29) is 64.1 Å². The molecule has 2 aromatic carbocycles. The van der Waals surface area contributed by atoms with Crippen molar-refractivity contribution in [2.24, 2.45) is 0 Å². The van der Waals surface area contributed by atoms with Crippen LogP contribution in [0.1, 0.15) is 19.3 Å². The van der Waals surface area contributed by atoms with Gasteiger partial charge >= 0.3 is 12.2 Å². The van der Waals surface area contributed by atoms with Crippen molar-refractivity contribution >= 4 is 39.1 Å². The molecule has 14 heteroatoms. The summed E-state index contributed by atoms with van der Waals surface area (Å²) in [6, 6.07) is 9.89. The Labute approximate surface area is 261 Å². The van der Waals surface area contributed by atoms with E-state index in [4.69, 9.17) is 26.1 Å². The van der Waals surface area contributed by atoms with E-state index in [2.05, 4.69) is 26.3 Å². The summed E-state index contributed by atoms with van der Waals surface area (Å²) in [6.45, 7) is 1.09. The van der Waals surface area contributed by atoms with Gasteiger partial charge in [-0.15, -0.1) is 0 Å². The lowest BCUT2D eigenvalue weighted by Crippen LogP contribution is -2.51. The van der Waals surface area contributed by atoms with Crippen molar-refractivity contribution in [1.29, 1.82) is 5.26 Å². The first-order chi connectivity index (χ1) is 21.6. The van der Waals surface area contributed by atoms with Crippen molar-refractivity contribution in [2.45, 2.75) is 37.5 Å². The van der Waals surface area contributed by atoms with E-state index in [1.165, 1.54) is 18.3 Å². The van der Waals surface area contributed by atoms with Gasteiger partial charge in [-0.25, -0.2) is 4.39 Å². The Morgan fingerprint density at radius 1 is 1.16 bits per heavy atom. The molecule has 45 heavy (non-hydrogen) atoms. The van der Waals surface area contributed by atoms with Gasteiger partial charge in [0.05, 0.1) is 22.9 Å². The van der Waals surface area contributed by atoms with Crippen LogP contribution >= 0.6 is 11.6 Å². The van der Waals surface area contributed by atoms with Crippen LogP contribution in [0, 0.1) is 17.1 Å². The summed E-state index contributed by atoms with van der Waals surface area (Å²) in [5.41, 5.74) is 0.352. The number of benzene rings is 2. The fourth-order valence-corrected chi connectivity index (χ4v) is 6.22. The SMILES string of the molecule is CN1CCCC1COc1nc(N2CCNC(CC#N)C2)c2cnc(-c3cccc4ccc(F)c(Cl)c34)c(OCC(F)(F)F)c2n1. The van der Waals surface area contributed by atoms with Gasteiger partial charge in [0.2, 0.25) is 0 Å². The second-order valence-corrected chi connectivity index (χ2v) is 11.6. The molecule has 2 atom stereocenters. The summed E-state index contributed by atoms with van der Waals surface area (Å²) in [5, 5.41) is 13.6. The van der Waals surface area contributed by atoms with Gasteiger partial charge in [0, 0.05) is 48.9 Å². The first-order valence-corrected chi connectivity index (χ1v) is 15.0. The number of nitrogens with one attached hydrogen (secondary N) is 1. The number of pyridine rings is 1. The summed E-state index contributed by atoms with van der Waals surface area (Å²) in [5.74, 6) is -0.539. The number of likely N-dealkylation sites (tertiary alicyclic amines) is 1. The van der Waals surface area contributed by atoms with Crippen molar-refractivity contribution in [2.75, 3.05) is 51.3 Å². The maximum Gasteiger partial charge on any atom is 0.422 e. The lowest BCUT2D eigenvalue weighted by atomic mass is 10.00. The van der Waals surface area contributed by atoms with Gasteiger partial charge in [0.1, 0.15) is 29.5 Å². The number of ether oxygens (including phenoxy) is 2. The van der Waals surface area contributed by atoms with Gasteiger partial charge in [-0.1, -0.05) is 35.9 Å². The molecule has 2 saturated heterocycles. The fourth-order valence-electron chi connectivity index (χ4n) is 5.95. The Hall–Kier alpha value is -3.99. The van der Waals surface area contributed by atoms with E-state index in [9.17, 15) is 22.8 Å².